The van der Waals surface area contributed by atoms with Gasteiger partial charge in [-0.1, -0.05) is 25.3 Å². The van der Waals surface area contributed by atoms with Gasteiger partial charge in [0.1, 0.15) is 0 Å². The van der Waals surface area contributed by atoms with Gasteiger partial charge in [-0.2, -0.15) is 0 Å². The van der Waals surface area contributed by atoms with Crippen molar-refractivity contribution >= 4 is 23.2 Å². The molecule has 1 saturated carbocycles. The molecule has 12 heteroatoms. The fourth-order valence-electron chi connectivity index (χ4n) is 6.47. The molecule has 2 amide bonds. The molecule has 44 heavy (non-hydrogen) atoms. The van der Waals surface area contributed by atoms with Crippen molar-refractivity contribution in [3.8, 4) is 21.9 Å². The highest BCUT2D eigenvalue weighted by Crippen LogP contribution is 2.49. The summed E-state index contributed by atoms with van der Waals surface area (Å²) < 4.78 is 39.3. The van der Waals surface area contributed by atoms with Gasteiger partial charge in [0.25, 0.3) is 11.8 Å². The van der Waals surface area contributed by atoms with E-state index in [0.29, 0.717) is 50.1 Å². The van der Waals surface area contributed by atoms with E-state index in [1.54, 1.807) is 13.0 Å². The summed E-state index contributed by atoms with van der Waals surface area (Å²) in [6.45, 7) is 2.62. The molecule has 3 aliphatic rings. The van der Waals surface area contributed by atoms with Crippen LogP contribution in [-0.2, 0) is 17.9 Å². The molecule has 3 aromatic heterocycles. The van der Waals surface area contributed by atoms with Crippen molar-refractivity contribution in [2.75, 3.05) is 6.54 Å². The number of ether oxygens (including phenoxy) is 1. The number of halogens is 2. The van der Waals surface area contributed by atoms with Crippen LogP contribution in [0, 0.1) is 18.6 Å². The molecule has 0 radical (unpaired) electrons. The van der Waals surface area contributed by atoms with Gasteiger partial charge in [0, 0.05) is 30.5 Å². The van der Waals surface area contributed by atoms with Crippen molar-refractivity contribution in [1.29, 1.82) is 0 Å². The Kier molecular flexibility index (Phi) is 7.71. The molecule has 0 unspecified atom stereocenters. The number of rotatable bonds is 8. The Hall–Kier alpha value is -4.03. The highest BCUT2D eigenvalue weighted by atomic mass is 32.1. The average molecular weight is 620 g/mol. The van der Waals surface area contributed by atoms with E-state index >= 15 is 0 Å². The predicted octanol–water partition coefficient (Wildman–Crippen LogP) is 6.52. The third-order valence-electron chi connectivity index (χ3n) is 8.60. The Bertz CT molecular complexity index is 1750. The van der Waals surface area contributed by atoms with Gasteiger partial charge < -0.3 is 19.4 Å². The maximum absolute atomic E-state index is 13.9. The molecule has 7 rings (SSSR count). The summed E-state index contributed by atoms with van der Waals surface area (Å²) >= 11 is 1.23. The monoisotopic (exact) mass is 619 g/mol. The van der Waals surface area contributed by atoms with E-state index < -0.39 is 11.6 Å². The van der Waals surface area contributed by atoms with Crippen LogP contribution in [0.4, 0.5) is 8.78 Å². The molecule has 5 heterocycles. The quantitative estimate of drug-likeness (QED) is 0.239. The van der Waals surface area contributed by atoms with E-state index in [0.717, 1.165) is 56.4 Å². The normalized spacial score (nSPS) is 18.1. The predicted molar refractivity (Wildman–Crippen MR) is 158 cm³/mol. The van der Waals surface area contributed by atoms with Crippen LogP contribution in [0.25, 0.3) is 21.9 Å². The van der Waals surface area contributed by atoms with Gasteiger partial charge in [0.2, 0.25) is 11.8 Å². The van der Waals surface area contributed by atoms with Crippen LogP contribution in [0.3, 0.4) is 0 Å². The topological polar surface area (TPSA) is 110 Å². The molecular formula is C32H31F2N5O4S. The van der Waals surface area contributed by atoms with Crippen LogP contribution in [0.5, 0.6) is 0 Å². The lowest BCUT2D eigenvalue weighted by Gasteiger charge is -2.23. The molecular weight excluding hydrogens is 588 g/mol. The molecule has 0 bridgehead atoms. The van der Waals surface area contributed by atoms with E-state index in [9.17, 15) is 18.4 Å². The van der Waals surface area contributed by atoms with Crippen molar-refractivity contribution in [2.24, 2.45) is 0 Å². The number of nitrogens with zero attached hydrogens (tertiary/aromatic N) is 4. The maximum atomic E-state index is 13.9. The smallest absolute Gasteiger partial charge is 0.261 e. The number of carbonyl (C=O) groups is 2. The van der Waals surface area contributed by atoms with Gasteiger partial charge >= 0.3 is 0 Å². The Morgan fingerprint density at radius 1 is 1.05 bits per heavy atom. The summed E-state index contributed by atoms with van der Waals surface area (Å²) in [6.07, 6.45) is 7.33. The second-order valence-electron chi connectivity index (χ2n) is 11.5. The highest BCUT2D eigenvalue weighted by molar-refractivity contribution is 7.17. The number of aryl methyl sites for hydroxylation is 1. The number of hydrogen-bond donors (Lipinski definition) is 1. The van der Waals surface area contributed by atoms with Gasteiger partial charge in [-0.15, -0.1) is 21.5 Å². The standard InChI is InChI=1S/C32H31F2N5O4S/c1-17-37-38-31(43-17)26-22(16-42-19-6-3-2-4-7-19)36-29-23-8-5-13-39(23)32(41)28(29)27(26)24-11-12-25(44-24)30(40)35-15-18-9-10-20(33)21(34)14-18/h9-12,14,19,23H,2-8,13,15-16H2,1H3,(H,35,40)/t23-/m1/s1. The Labute approximate surface area is 256 Å². The van der Waals surface area contributed by atoms with Gasteiger partial charge in [-0.25, -0.2) is 8.78 Å². The van der Waals surface area contributed by atoms with Gasteiger partial charge in [0.05, 0.1) is 46.1 Å². The molecule has 1 saturated heterocycles. The van der Waals surface area contributed by atoms with Gasteiger partial charge in [0.15, 0.2) is 11.6 Å². The zero-order valence-corrected chi connectivity index (χ0v) is 25.0. The first-order chi connectivity index (χ1) is 21.4. The fraction of sp³-hybridized carbons (Fsp3) is 0.406. The van der Waals surface area contributed by atoms with E-state index in [1.165, 1.54) is 23.8 Å². The van der Waals surface area contributed by atoms with E-state index in [4.69, 9.17) is 14.1 Å². The van der Waals surface area contributed by atoms with Crippen molar-refractivity contribution in [3.63, 3.8) is 0 Å². The highest BCUT2D eigenvalue weighted by Gasteiger charge is 2.45. The third kappa shape index (κ3) is 5.30. The van der Waals surface area contributed by atoms with Crippen LogP contribution < -0.4 is 5.32 Å². The summed E-state index contributed by atoms with van der Waals surface area (Å²) in [5.74, 6) is -1.77. The molecule has 2 fully saturated rings. The first-order valence-corrected chi connectivity index (χ1v) is 15.8. The van der Waals surface area contributed by atoms with E-state index in [-0.39, 0.29) is 43.0 Å². The van der Waals surface area contributed by atoms with Crippen LogP contribution in [0.15, 0.2) is 34.7 Å². The molecule has 228 valence electrons. The number of aromatic nitrogens is 3. The zero-order valence-electron chi connectivity index (χ0n) is 24.2. The van der Waals surface area contributed by atoms with Crippen LogP contribution >= 0.6 is 11.3 Å². The Morgan fingerprint density at radius 3 is 2.66 bits per heavy atom. The van der Waals surface area contributed by atoms with Gasteiger partial charge in [-0.3, -0.25) is 14.6 Å². The molecule has 0 spiro atoms. The number of amides is 2. The van der Waals surface area contributed by atoms with E-state index in [1.807, 2.05) is 11.0 Å². The summed E-state index contributed by atoms with van der Waals surface area (Å²) in [4.78, 5) is 35.1. The number of fused-ring (bicyclic) bond motifs is 3. The summed E-state index contributed by atoms with van der Waals surface area (Å²) in [7, 11) is 0. The maximum Gasteiger partial charge on any atom is 0.261 e. The largest absolute Gasteiger partial charge is 0.421 e. The van der Waals surface area contributed by atoms with Crippen LogP contribution in [-0.4, -0.2) is 44.5 Å². The second kappa shape index (κ2) is 11.8. The Morgan fingerprint density at radius 2 is 1.89 bits per heavy atom. The van der Waals surface area contributed by atoms with Crippen molar-refractivity contribution < 1.29 is 27.5 Å². The van der Waals surface area contributed by atoms with Gasteiger partial charge in [-0.05, 0) is 55.5 Å². The first-order valence-electron chi connectivity index (χ1n) is 15.0. The fourth-order valence-corrected chi connectivity index (χ4v) is 7.45. The van der Waals surface area contributed by atoms with E-state index in [2.05, 4.69) is 15.5 Å². The average Bonchev–Trinajstić information content (AvgIpc) is 3.84. The lowest BCUT2D eigenvalue weighted by molar-refractivity contribution is 0.0153. The first kappa shape index (κ1) is 28.7. The molecule has 1 N–H and O–H groups in total. The summed E-state index contributed by atoms with van der Waals surface area (Å²) in [5, 5.41) is 11.2. The Balaban J connectivity index is 1.29. The minimum absolute atomic E-state index is 0.0260. The molecule has 4 aromatic rings. The SMILES string of the molecule is Cc1nnc(-c2c(COC3CCCCC3)nc3c(c2-c2ccc(C(=O)NCc4ccc(F)c(F)c4)s2)C(=O)N2CCC[C@H]32)o1. The molecule has 1 atom stereocenters. The molecule has 9 nitrogen and oxygen atoms in total. The third-order valence-corrected chi connectivity index (χ3v) is 9.71. The number of hydrogen-bond acceptors (Lipinski definition) is 8. The van der Waals surface area contributed by atoms with Crippen molar-refractivity contribution in [3.05, 3.63) is 75.2 Å². The molecule has 1 aromatic carbocycles. The summed E-state index contributed by atoms with van der Waals surface area (Å²) in [5.41, 5.74) is 3.45. The number of pyridine rings is 1. The second-order valence-corrected chi connectivity index (χ2v) is 12.6. The zero-order chi connectivity index (χ0) is 30.4. The minimum atomic E-state index is -0.973. The van der Waals surface area contributed by atoms with Crippen molar-refractivity contribution in [2.45, 2.75) is 77.2 Å². The van der Waals surface area contributed by atoms with Crippen LogP contribution in [0.2, 0.25) is 0 Å². The summed E-state index contributed by atoms with van der Waals surface area (Å²) in [6, 6.07) is 6.90. The lowest BCUT2D eigenvalue weighted by Crippen LogP contribution is -2.23. The molecule has 2 aliphatic heterocycles. The lowest BCUT2D eigenvalue weighted by atomic mass is 9.95. The van der Waals surface area contributed by atoms with Crippen LogP contribution in [0.1, 0.15) is 93.9 Å². The molecule has 1 aliphatic carbocycles. The van der Waals surface area contributed by atoms with Crippen molar-refractivity contribution in [1.82, 2.24) is 25.4 Å². The number of benzene rings is 1. The number of thiophene rings is 1. The number of nitrogens with one attached hydrogen (secondary N) is 1. The number of carbonyl (C=O) groups excluding carboxylic acids is 2. The minimum Gasteiger partial charge on any atom is -0.421 e.